The topological polar surface area (TPSA) is 92.1 Å². The zero-order valence-corrected chi connectivity index (χ0v) is 19.6. The van der Waals surface area contributed by atoms with Crippen molar-refractivity contribution in [2.24, 2.45) is 5.73 Å². The maximum Gasteiger partial charge on any atom is 0.306 e. The first-order valence-electron chi connectivity index (χ1n) is 11.3. The van der Waals surface area contributed by atoms with Gasteiger partial charge in [0.05, 0.1) is 18.7 Å². The fraction of sp³-hybridized carbons (Fsp3) is 0.222. The lowest BCUT2D eigenvalue weighted by atomic mass is 10.1. The van der Waals surface area contributed by atoms with Crippen LogP contribution in [0.25, 0.3) is 22.6 Å². The molecule has 2 heterocycles. The molecule has 2 N–H and O–H groups in total. The van der Waals surface area contributed by atoms with Gasteiger partial charge >= 0.3 is 5.97 Å². The summed E-state index contributed by atoms with van der Waals surface area (Å²) in [7, 11) is 0. The van der Waals surface area contributed by atoms with Crippen molar-refractivity contribution in [1.29, 1.82) is 0 Å². The van der Waals surface area contributed by atoms with Crippen LogP contribution < -0.4 is 5.73 Å². The van der Waals surface area contributed by atoms with Gasteiger partial charge < -0.3 is 19.6 Å². The van der Waals surface area contributed by atoms with Gasteiger partial charge in [0.1, 0.15) is 5.82 Å². The van der Waals surface area contributed by atoms with E-state index in [-0.39, 0.29) is 12.4 Å². The fourth-order valence-electron chi connectivity index (χ4n) is 4.15. The van der Waals surface area contributed by atoms with Gasteiger partial charge in [0.2, 0.25) is 5.91 Å². The third kappa shape index (κ3) is 4.64. The summed E-state index contributed by atoms with van der Waals surface area (Å²) in [5.74, 6) is 0.232. The van der Waals surface area contributed by atoms with Crippen molar-refractivity contribution < 1.29 is 14.3 Å². The van der Waals surface area contributed by atoms with Crippen LogP contribution in [0, 0.1) is 13.8 Å². The summed E-state index contributed by atoms with van der Waals surface area (Å²) in [4.78, 5) is 28.0. The molecule has 0 unspecified atom stereocenters. The molecule has 4 aromatic rings. The number of imidazole rings is 1. The molecule has 34 heavy (non-hydrogen) atoms. The van der Waals surface area contributed by atoms with Crippen LogP contribution in [0.1, 0.15) is 40.8 Å². The minimum Gasteiger partial charge on any atom is -0.466 e. The lowest BCUT2D eigenvalue weighted by molar-refractivity contribution is -0.143. The normalized spacial score (nSPS) is 10.9. The molecule has 0 atom stereocenters. The lowest BCUT2D eigenvalue weighted by Gasteiger charge is -2.17. The van der Waals surface area contributed by atoms with E-state index < -0.39 is 5.91 Å². The van der Waals surface area contributed by atoms with Gasteiger partial charge in [-0.25, -0.2) is 4.98 Å². The van der Waals surface area contributed by atoms with Gasteiger partial charge in [0, 0.05) is 35.0 Å². The number of ether oxygens (including phenoxy) is 1. The number of carbonyl (C=O) groups excluding carboxylic acids is 2. The summed E-state index contributed by atoms with van der Waals surface area (Å²) < 4.78 is 9.28. The van der Waals surface area contributed by atoms with Gasteiger partial charge in [-0.2, -0.15) is 0 Å². The van der Waals surface area contributed by atoms with E-state index in [9.17, 15) is 9.59 Å². The first-order chi connectivity index (χ1) is 16.4. The highest BCUT2D eigenvalue weighted by atomic mass is 16.5. The van der Waals surface area contributed by atoms with Crippen LogP contribution in [0.15, 0.2) is 67.0 Å². The number of rotatable bonds is 8. The van der Waals surface area contributed by atoms with Gasteiger partial charge in [-0.1, -0.05) is 12.1 Å². The highest BCUT2D eigenvalue weighted by Gasteiger charge is 2.16. The van der Waals surface area contributed by atoms with E-state index in [1.54, 1.807) is 25.3 Å². The predicted octanol–water partition coefficient (Wildman–Crippen LogP) is 4.54. The van der Waals surface area contributed by atoms with Crippen LogP contribution in [0.5, 0.6) is 0 Å². The van der Waals surface area contributed by atoms with Crippen molar-refractivity contribution in [1.82, 2.24) is 14.1 Å². The molecule has 4 rings (SSSR count). The summed E-state index contributed by atoms with van der Waals surface area (Å²) in [5, 5.41) is 0. The highest BCUT2D eigenvalue weighted by molar-refractivity contribution is 5.93. The summed E-state index contributed by atoms with van der Waals surface area (Å²) in [6, 6.07) is 17.8. The SMILES string of the molecule is CCOC(=O)CCc1ccc(-c2ccc(-n3ccnc3C)cc2)n1-c1ccc(C(N)=O)cc1C. The Morgan fingerprint density at radius 2 is 1.79 bits per heavy atom. The van der Waals surface area contributed by atoms with Gasteiger partial charge in [-0.3, -0.25) is 9.59 Å². The molecule has 0 saturated heterocycles. The number of aromatic nitrogens is 3. The summed E-state index contributed by atoms with van der Waals surface area (Å²) >= 11 is 0. The molecule has 0 aliphatic carbocycles. The maximum atomic E-state index is 12.0. The number of carbonyl (C=O) groups is 2. The Balaban J connectivity index is 1.76. The molecule has 0 saturated carbocycles. The number of aryl methyl sites for hydroxylation is 3. The molecule has 174 valence electrons. The Bertz CT molecular complexity index is 1330. The van der Waals surface area contributed by atoms with E-state index in [2.05, 4.69) is 39.9 Å². The van der Waals surface area contributed by atoms with Crippen LogP contribution in [0.3, 0.4) is 0 Å². The lowest BCUT2D eigenvalue weighted by Crippen LogP contribution is -2.12. The number of benzene rings is 2. The zero-order valence-electron chi connectivity index (χ0n) is 19.6. The quantitative estimate of drug-likeness (QED) is 0.394. The van der Waals surface area contributed by atoms with E-state index in [1.807, 2.05) is 36.7 Å². The Hall–Kier alpha value is -4.13. The monoisotopic (exact) mass is 456 g/mol. The molecule has 0 spiro atoms. The van der Waals surface area contributed by atoms with Crippen LogP contribution >= 0.6 is 0 Å². The van der Waals surface area contributed by atoms with Gasteiger partial charge in [-0.15, -0.1) is 0 Å². The molecule has 0 fully saturated rings. The molecule has 2 aromatic carbocycles. The molecular weight excluding hydrogens is 428 g/mol. The van der Waals surface area contributed by atoms with Crippen LogP contribution in [-0.2, 0) is 16.0 Å². The van der Waals surface area contributed by atoms with Gasteiger partial charge in [-0.05, 0) is 80.8 Å². The second kappa shape index (κ2) is 9.79. The van der Waals surface area contributed by atoms with Gasteiger partial charge in [0.15, 0.2) is 0 Å². The Labute approximate surface area is 198 Å². The van der Waals surface area contributed by atoms with Crippen molar-refractivity contribution in [2.45, 2.75) is 33.6 Å². The van der Waals surface area contributed by atoms with E-state index in [4.69, 9.17) is 10.5 Å². The number of primary amides is 1. The average Bonchev–Trinajstić information content (AvgIpc) is 3.44. The largest absolute Gasteiger partial charge is 0.466 e. The van der Waals surface area contributed by atoms with E-state index in [1.165, 1.54) is 0 Å². The average molecular weight is 457 g/mol. The molecule has 1 amide bonds. The minimum absolute atomic E-state index is 0.224. The number of hydrogen-bond donors (Lipinski definition) is 1. The predicted molar refractivity (Wildman–Crippen MR) is 131 cm³/mol. The summed E-state index contributed by atoms with van der Waals surface area (Å²) in [6.07, 6.45) is 4.53. The maximum absolute atomic E-state index is 12.0. The smallest absolute Gasteiger partial charge is 0.306 e. The van der Waals surface area contributed by atoms with E-state index in [0.717, 1.165) is 39.7 Å². The first-order valence-corrected chi connectivity index (χ1v) is 11.3. The zero-order chi connectivity index (χ0) is 24.2. The van der Waals surface area contributed by atoms with E-state index in [0.29, 0.717) is 18.6 Å². The van der Waals surface area contributed by atoms with Crippen molar-refractivity contribution in [3.8, 4) is 22.6 Å². The number of amides is 1. The van der Waals surface area contributed by atoms with E-state index >= 15 is 0 Å². The Morgan fingerprint density at radius 3 is 2.41 bits per heavy atom. The van der Waals surface area contributed by atoms with Crippen molar-refractivity contribution in [3.63, 3.8) is 0 Å². The number of esters is 1. The van der Waals surface area contributed by atoms with Crippen LogP contribution in [-0.4, -0.2) is 32.6 Å². The Morgan fingerprint density at radius 1 is 1.03 bits per heavy atom. The second-order valence-electron chi connectivity index (χ2n) is 8.11. The fourth-order valence-corrected chi connectivity index (χ4v) is 4.15. The molecule has 7 heteroatoms. The summed E-state index contributed by atoms with van der Waals surface area (Å²) in [5.41, 5.74) is 11.8. The van der Waals surface area contributed by atoms with Crippen molar-refractivity contribution >= 4 is 11.9 Å². The number of nitrogens with zero attached hydrogens (tertiary/aromatic N) is 3. The molecule has 7 nitrogen and oxygen atoms in total. The molecule has 0 aliphatic heterocycles. The van der Waals surface area contributed by atoms with Gasteiger partial charge in [0.25, 0.3) is 0 Å². The molecule has 0 aliphatic rings. The standard InChI is InChI=1S/C27H28N4O3/c1-4-34-26(32)14-11-23-10-13-25(31(23)24-12-7-21(27(28)33)17-18(24)2)20-5-8-22(9-6-20)30-16-15-29-19(30)3/h5-10,12-13,15-17H,4,11,14H2,1-3H3,(H2,28,33). The van der Waals surface area contributed by atoms with Crippen molar-refractivity contribution in [3.05, 3.63) is 89.6 Å². The van der Waals surface area contributed by atoms with Crippen LogP contribution in [0.2, 0.25) is 0 Å². The van der Waals surface area contributed by atoms with Crippen molar-refractivity contribution in [2.75, 3.05) is 6.61 Å². The molecule has 0 radical (unpaired) electrons. The molecule has 0 bridgehead atoms. The molecule has 2 aromatic heterocycles. The second-order valence-corrected chi connectivity index (χ2v) is 8.11. The third-order valence-electron chi connectivity index (χ3n) is 5.84. The summed E-state index contributed by atoms with van der Waals surface area (Å²) in [6.45, 7) is 6.08. The number of hydrogen-bond acceptors (Lipinski definition) is 4. The minimum atomic E-state index is -0.463. The third-order valence-corrected chi connectivity index (χ3v) is 5.84. The molecular formula is C27H28N4O3. The number of nitrogens with two attached hydrogens (primary N) is 1. The first kappa shape index (κ1) is 23.0. The highest BCUT2D eigenvalue weighted by Crippen LogP contribution is 2.30. The van der Waals surface area contributed by atoms with Crippen LogP contribution in [0.4, 0.5) is 0 Å². The Kier molecular flexibility index (Phi) is 6.63.